The number of likely N-dealkylation sites (N-methyl/N-ethyl adjacent to an activating group) is 1. The van der Waals surface area contributed by atoms with E-state index < -0.39 is 0 Å². The molecular weight excluding hydrogens is 234 g/mol. The molecule has 0 radical (unpaired) electrons. The molecule has 0 spiro atoms. The zero-order valence-corrected chi connectivity index (χ0v) is 12.7. The van der Waals surface area contributed by atoms with Gasteiger partial charge in [0.05, 0.1) is 0 Å². The molecular formula is C16H27N3. The molecule has 1 aliphatic rings. The van der Waals surface area contributed by atoms with Gasteiger partial charge < -0.3 is 10.6 Å². The fourth-order valence-corrected chi connectivity index (χ4v) is 2.83. The van der Waals surface area contributed by atoms with Gasteiger partial charge in [0.15, 0.2) is 0 Å². The van der Waals surface area contributed by atoms with E-state index in [1.54, 1.807) is 0 Å². The van der Waals surface area contributed by atoms with E-state index in [-0.39, 0.29) is 0 Å². The van der Waals surface area contributed by atoms with Crippen molar-refractivity contribution in [2.24, 2.45) is 5.73 Å². The number of nitrogens with zero attached hydrogens (tertiary/aromatic N) is 2. The number of hydrogen-bond donors (Lipinski definition) is 1. The largest absolute Gasteiger partial charge is 0.329 e. The number of piperazine rings is 1. The van der Waals surface area contributed by atoms with Crippen molar-refractivity contribution in [2.75, 3.05) is 33.2 Å². The lowest BCUT2D eigenvalue weighted by molar-refractivity contribution is 0.0741. The van der Waals surface area contributed by atoms with E-state index in [1.807, 2.05) is 0 Å². The summed E-state index contributed by atoms with van der Waals surface area (Å²) >= 11 is 0. The average Bonchev–Trinajstić information content (AvgIpc) is 2.39. The van der Waals surface area contributed by atoms with Crippen molar-refractivity contribution in [1.82, 2.24) is 9.80 Å². The first-order valence-corrected chi connectivity index (χ1v) is 7.24. The third kappa shape index (κ3) is 3.16. The van der Waals surface area contributed by atoms with Crippen LogP contribution in [0.1, 0.15) is 29.7 Å². The van der Waals surface area contributed by atoms with E-state index in [4.69, 9.17) is 5.73 Å². The van der Waals surface area contributed by atoms with E-state index in [9.17, 15) is 0 Å². The van der Waals surface area contributed by atoms with Crippen molar-refractivity contribution in [2.45, 2.75) is 32.9 Å². The van der Waals surface area contributed by atoms with Gasteiger partial charge in [0, 0.05) is 38.3 Å². The molecule has 106 valence electrons. The van der Waals surface area contributed by atoms with Crippen LogP contribution in [0.2, 0.25) is 0 Å². The molecule has 2 atom stereocenters. The summed E-state index contributed by atoms with van der Waals surface area (Å²) in [7, 11) is 2.20. The van der Waals surface area contributed by atoms with Gasteiger partial charge in [-0.3, -0.25) is 4.90 Å². The molecule has 3 heteroatoms. The topological polar surface area (TPSA) is 32.5 Å². The van der Waals surface area contributed by atoms with Crippen LogP contribution in [0.5, 0.6) is 0 Å². The van der Waals surface area contributed by atoms with Crippen LogP contribution in [0, 0.1) is 13.8 Å². The molecule has 1 fully saturated rings. The third-order valence-corrected chi connectivity index (χ3v) is 4.57. The zero-order chi connectivity index (χ0) is 14.0. The maximum Gasteiger partial charge on any atom is 0.0471 e. The fraction of sp³-hybridized carbons (Fsp3) is 0.625. The molecule has 1 aromatic carbocycles. The second-order valence-corrected chi connectivity index (χ2v) is 5.92. The Labute approximate surface area is 117 Å². The van der Waals surface area contributed by atoms with E-state index in [2.05, 4.69) is 55.8 Å². The molecule has 1 heterocycles. The summed E-state index contributed by atoms with van der Waals surface area (Å²) in [6.45, 7) is 10.7. The first kappa shape index (κ1) is 14.5. The molecule has 0 amide bonds. The molecule has 1 saturated heterocycles. The minimum atomic E-state index is 0.357. The van der Waals surface area contributed by atoms with Crippen LogP contribution in [0.4, 0.5) is 0 Å². The van der Waals surface area contributed by atoms with Crippen LogP contribution in [-0.2, 0) is 0 Å². The molecule has 0 bridgehead atoms. The van der Waals surface area contributed by atoms with Gasteiger partial charge in [0.25, 0.3) is 0 Å². The van der Waals surface area contributed by atoms with Crippen LogP contribution < -0.4 is 5.73 Å². The zero-order valence-electron chi connectivity index (χ0n) is 12.7. The molecule has 0 aromatic heterocycles. The minimum Gasteiger partial charge on any atom is -0.329 e. The Morgan fingerprint density at radius 2 is 2.00 bits per heavy atom. The molecule has 2 N–H and O–H groups in total. The summed E-state index contributed by atoms with van der Waals surface area (Å²) in [6.07, 6.45) is 0. The lowest BCUT2D eigenvalue weighted by Crippen LogP contribution is -2.52. The maximum absolute atomic E-state index is 6.05. The van der Waals surface area contributed by atoms with Gasteiger partial charge in [-0.25, -0.2) is 0 Å². The van der Waals surface area contributed by atoms with Gasteiger partial charge >= 0.3 is 0 Å². The van der Waals surface area contributed by atoms with Crippen LogP contribution in [-0.4, -0.2) is 49.1 Å². The van der Waals surface area contributed by atoms with Crippen molar-refractivity contribution in [3.8, 4) is 0 Å². The molecule has 1 aliphatic heterocycles. The van der Waals surface area contributed by atoms with Crippen molar-refractivity contribution in [3.63, 3.8) is 0 Å². The monoisotopic (exact) mass is 261 g/mol. The Bertz CT molecular complexity index is 430. The lowest BCUT2D eigenvalue weighted by Gasteiger charge is -2.41. The highest BCUT2D eigenvalue weighted by Crippen LogP contribution is 2.24. The first-order chi connectivity index (χ1) is 9.02. The van der Waals surface area contributed by atoms with Crippen molar-refractivity contribution >= 4 is 0 Å². The highest BCUT2D eigenvalue weighted by molar-refractivity contribution is 5.32. The van der Waals surface area contributed by atoms with Gasteiger partial charge in [0.1, 0.15) is 0 Å². The van der Waals surface area contributed by atoms with Crippen LogP contribution in [0.15, 0.2) is 18.2 Å². The van der Waals surface area contributed by atoms with Gasteiger partial charge in [-0.1, -0.05) is 18.2 Å². The van der Waals surface area contributed by atoms with Crippen molar-refractivity contribution in [3.05, 3.63) is 34.9 Å². The molecule has 1 aromatic rings. The van der Waals surface area contributed by atoms with Crippen LogP contribution in [0.3, 0.4) is 0 Å². The van der Waals surface area contributed by atoms with Gasteiger partial charge in [-0.05, 0) is 44.5 Å². The summed E-state index contributed by atoms with van der Waals surface area (Å²) < 4.78 is 0. The quantitative estimate of drug-likeness (QED) is 0.902. The standard InChI is InChI=1S/C16H27N3/c1-12-5-6-15(9-13(12)2)16(10-17)19-8-7-18(4)14(3)11-19/h5-6,9,14,16H,7-8,10-11,17H2,1-4H3. The van der Waals surface area contributed by atoms with Crippen LogP contribution in [0.25, 0.3) is 0 Å². The van der Waals surface area contributed by atoms with Crippen molar-refractivity contribution < 1.29 is 0 Å². The number of hydrogen-bond acceptors (Lipinski definition) is 3. The number of nitrogens with two attached hydrogens (primary N) is 1. The SMILES string of the molecule is Cc1ccc(C(CN)N2CCN(C)C(C)C2)cc1C. The Kier molecular flexibility index (Phi) is 4.61. The van der Waals surface area contributed by atoms with Gasteiger partial charge in [-0.2, -0.15) is 0 Å². The lowest BCUT2D eigenvalue weighted by atomic mass is 9.99. The number of rotatable bonds is 3. The molecule has 0 saturated carbocycles. The Balaban J connectivity index is 2.17. The Morgan fingerprint density at radius 3 is 2.58 bits per heavy atom. The minimum absolute atomic E-state index is 0.357. The Morgan fingerprint density at radius 1 is 1.26 bits per heavy atom. The highest BCUT2D eigenvalue weighted by Gasteiger charge is 2.26. The van der Waals surface area contributed by atoms with E-state index >= 15 is 0 Å². The molecule has 2 rings (SSSR count). The second-order valence-electron chi connectivity index (χ2n) is 5.92. The molecule has 0 aliphatic carbocycles. The third-order valence-electron chi connectivity index (χ3n) is 4.57. The van der Waals surface area contributed by atoms with Crippen LogP contribution >= 0.6 is 0 Å². The van der Waals surface area contributed by atoms with E-state index in [0.29, 0.717) is 18.6 Å². The summed E-state index contributed by atoms with van der Waals surface area (Å²) in [5.41, 5.74) is 10.1. The average molecular weight is 261 g/mol. The summed E-state index contributed by atoms with van der Waals surface area (Å²) in [5.74, 6) is 0. The smallest absolute Gasteiger partial charge is 0.0471 e. The number of aryl methyl sites for hydroxylation is 2. The van der Waals surface area contributed by atoms with Gasteiger partial charge in [0.2, 0.25) is 0 Å². The Hall–Kier alpha value is -0.900. The fourth-order valence-electron chi connectivity index (χ4n) is 2.83. The highest BCUT2D eigenvalue weighted by atomic mass is 15.3. The maximum atomic E-state index is 6.05. The molecule has 2 unspecified atom stereocenters. The predicted octanol–water partition coefficient (Wildman–Crippen LogP) is 1.94. The number of benzene rings is 1. The molecule has 19 heavy (non-hydrogen) atoms. The predicted molar refractivity (Wildman–Crippen MR) is 81.4 cm³/mol. The normalized spacial score (nSPS) is 23.5. The first-order valence-electron chi connectivity index (χ1n) is 7.24. The summed E-state index contributed by atoms with van der Waals surface area (Å²) in [6, 6.07) is 7.72. The van der Waals surface area contributed by atoms with Gasteiger partial charge in [-0.15, -0.1) is 0 Å². The molecule has 3 nitrogen and oxygen atoms in total. The van der Waals surface area contributed by atoms with Crippen molar-refractivity contribution in [1.29, 1.82) is 0 Å². The summed E-state index contributed by atoms with van der Waals surface area (Å²) in [4.78, 5) is 4.96. The summed E-state index contributed by atoms with van der Waals surface area (Å²) in [5, 5.41) is 0. The van der Waals surface area contributed by atoms with E-state index in [0.717, 1.165) is 19.6 Å². The van der Waals surface area contributed by atoms with E-state index in [1.165, 1.54) is 16.7 Å². The second kappa shape index (κ2) is 6.04.